The molecule has 0 spiro atoms. The number of oxime groups is 1. The minimum absolute atomic E-state index is 0.173. The van der Waals surface area contributed by atoms with E-state index in [1.54, 1.807) is 0 Å². The topological polar surface area (TPSA) is 103 Å². The van der Waals surface area contributed by atoms with E-state index in [0.717, 1.165) is 0 Å². The predicted octanol–water partition coefficient (Wildman–Crippen LogP) is 0.0585. The number of hydrogen-bond acceptors (Lipinski definition) is 6. The highest BCUT2D eigenvalue weighted by atomic mass is 16.7. The van der Waals surface area contributed by atoms with Gasteiger partial charge in [-0.3, -0.25) is 4.57 Å². The quantitative estimate of drug-likeness (QED) is 0.563. The summed E-state index contributed by atoms with van der Waals surface area (Å²) in [6.45, 7) is -0.173. The number of rotatable bonds is 3. The second-order valence-electron chi connectivity index (χ2n) is 3.02. The van der Waals surface area contributed by atoms with E-state index in [0.29, 0.717) is 12.1 Å². The van der Waals surface area contributed by atoms with Gasteiger partial charge in [0.25, 0.3) is 0 Å². The summed E-state index contributed by atoms with van der Waals surface area (Å²) < 4.78 is 1.45. The number of imidazole rings is 1. The van der Waals surface area contributed by atoms with Gasteiger partial charge in [0.2, 0.25) is 12.6 Å². The lowest BCUT2D eigenvalue weighted by atomic mass is 10.2. The second kappa shape index (κ2) is 3.65. The molecule has 0 fully saturated rings. The van der Waals surface area contributed by atoms with E-state index < -0.39 is 11.2 Å². The van der Waals surface area contributed by atoms with Gasteiger partial charge >= 0.3 is 5.82 Å². The van der Waals surface area contributed by atoms with E-state index in [9.17, 15) is 10.1 Å². The van der Waals surface area contributed by atoms with Crippen LogP contribution in [0.4, 0.5) is 5.82 Å². The van der Waals surface area contributed by atoms with Gasteiger partial charge < -0.3 is 20.1 Å². The van der Waals surface area contributed by atoms with Gasteiger partial charge in [0.15, 0.2) is 0 Å². The molecular formula is C7H8N4O4. The van der Waals surface area contributed by atoms with Crippen LogP contribution in [0.1, 0.15) is 12.6 Å². The molecule has 0 unspecified atom stereocenters. The first-order valence-corrected chi connectivity index (χ1v) is 4.21. The molecule has 0 bridgehead atoms. The van der Waals surface area contributed by atoms with Crippen molar-refractivity contribution in [1.29, 1.82) is 0 Å². The maximum absolute atomic E-state index is 10.4. The summed E-state index contributed by atoms with van der Waals surface area (Å²) in [5, 5.41) is 22.8. The van der Waals surface area contributed by atoms with Crippen LogP contribution in [0.5, 0.6) is 0 Å². The monoisotopic (exact) mass is 212 g/mol. The average Bonchev–Trinajstić information content (AvgIpc) is 2.86. The van der Waals surface area contributed by atoms with E-state index in [1.165, 1.54) is 17.1 Å². The zero-order chi connectivity index (χ0) is 10.8. The van der Waals surface area contributed by atoms with Gasteiger partial charge in [-0.2, -0.15) is 0 Å². The van der Waals surface area contributed by atoms with Crippen LogP contribution in [0.3, 0.4) is 0 Å². The molecule has 80 valence electrons. The Morgan fingerprint density at radius 3 is 3.13 bits per heavy atom. The van der Waals surface area contributed by atoms with Crippen molar-refractivity contribution in [2.75, 3.05) is 6.61 Å². The molecule has 0 radical (unpaired) electrons. The van der Waals surface area contributed by atoms with E-state index in [1.807, 2.05) is 0 Å². The first-order valence-electron chi connectivity index (χ1n) is 4.21. The Labute approximate surface area is 83.9 Å². The third kappa shape index (κ3) is 1.79. The van der Waals surface area contributed by atoms with Crippen molar-refractivity contribution in [1.82, 2.24) is 9.55 Å². The van der Waals surface area contributed by atoms with E-state index in [-0.39, 0.29) is 12.4 Å². The Morgan fingerprint density at radius 1 is 1.80 bits per heavy atom. The SMILES string of the molecule is O=[N+]([O-])c1cn([C@H]2CC(CO)=NO2)cn1. The lowest BCUT2D eigenvalue weighted by Gasteiger charge is -2.06. The lowest BCUT2D eigenvalue weighted by molar-refractivity contribution is -0.389. The van der Waals surface area contributed by atoms with Crippen molar-refractivity contribution in [3.05, 3.63) is 22.6 Å². The highest BCUT2D eigenvalue weighted by molar-refractivity contribution is 5.86. The molecule has 0 amide bonds. The summed E-state index contributed by atoms with van der Waals surface area (Å²) >= 11 is 0. The molecule has 15 heavy (non-hydrogen) atoms. The predicted molar refractivity (Wildman–Crippen MR) is 48.1 cm³/mol. The zero-order valence-electron chi connectivity index (χ0n) is 7.61. The third-order valence-corrected chi connectivity index (χ3v) is 2.00. The van der Waals surface area contributed by atoms with Gasteiger partial charge in [-0.15, -0.1) is 0 Å². The molecule has 0 aliphatic carbocycles. The maximum Gasteiger partial charge on any atom is 0.381 e. The Hall–Kier alpha value is -1.96. The van der Waals surface area contributed by atoms with Gasteiger partial charge in [-0.25, -0.2) is 0 Å². The van der Waals surface area contributed by atoms with Crippen LogP contribution in [-0.4, -0.2) is 31.9 Å². The maximum atomic E-state index is 10.4. The van der Waals surface area contributed by atoms with Crippen molar-refractivity contribution >= 4 is 11.5 Å². The zero-order valence-corrected chi connectivity index (χ0v) is 7.61. The molecule has 0 saturated carbocycles. The van der Waals surface area contributed by atoms with Gasteiger partial charge in [-0.1, -0.05) is 5.16 Å². The number of aromatic nitrogens is 2. The Kier molecular flexibility index (Phi) is 2.34. The molecule has 8 nitrogen and oxygen atoms in total. The summed E-state index contributed by atoms with van der Waals surface area (Å²) in [7, 11) is 0. The summed E-state index contributed by atoms with van der Waals surface area (Å²) in [6.07, 6.45) is 2.52. The highest BCUT2D eigenvalue weighted by Gasteiger charge is 2.24. The molecule has 1 atom stereocenters. The van der Waals surface area contributed by atoms with Gasteiger partial charge in [-0.05, 0) is 9.91 Å². The summed E-state index contributed by atoms with van der Waals surface area (Å²) in [5.41, 5.74) is 0.511. The molecule has 2 rings (SSSR count). The number of aliphatic hydroxyl groups excluding tert-OH is 1. The molecule has 0 aromatic carbocycles. The number of nitrogens with zero attached hydrogens (tertiary/aromatic N) is 4. The minimum Gasteiger partial charge on any atom is -0.390 e. The summed E-state index contributed by atoms with van der Waals surface area (Å²) in [5.74, 6) is -0.240. The van der Waals surface area contributed by atoms with Gasteiger partial charge in [0.1, 0.15) is 6.20 Å². The van der Waals surface area contributed by atoms with Crippen LogP contribution in [-0.2, 0) is 4.84 Å². The van der Waals surface area contributed by atoms with Crippen molar-refractivity contribution in [3.8, 4) is 0 Å². The average molecular weight is 212 g/mol. The molecular weight excluding hydrogens is 204 g/mol. The molecule has 1 aliphatic heterocycles. The van der Waals surface area contributed by atoms with Crippen molar-refractivity contribution in [2.24, 2.45) is 5.16 Å². The first-order chi connectivity index (χ1) is 7.20. The molecule has 1 N–H and O–H groups in total. The molecule has 8 heteroatoms. The number of hydrogen-bond donors (Lipinski definition) is 1. The molecule has 1 aromatic heterocycles. The van der Waals surface area contributed by atoms with Gasteiger partial charge in [0.05, 0.1) is 18.7 Å². The van der Waals surface area contributed by atoms with Crippen LogP contribution in [0, 0.1) is 10.1 Å². The number of aliphatic hydroxyl groups is 1. The molecule has 1 aliphatic rings. The Bertz CT molecular complexity index is 413. The lowest BCUT2D eigenvalue weighted by Crippen LogP contribution is -2.08. The summed E-state index contributed by atoms with van der Waals surface area (Å²) in [4.78, 5) is 18.3. The number of nitro groups is 1. The molecule has 2 heterocycles. The second-order valence-corrected chi connectivity index (χ2v) is 3.02. The summed E-state index contributed by atoms with van der Waals surface area (Å²) in [6, 6.07) is 0. The van der Waals surface area contributed by atoms with E-state index in [2.05, 4.69) is 10.1 Å². The van der Waals surface area contributed by atoms with Crippen molar-refractivity contribution < 1.29 is 14.9 Å². The third-order valence-electron chi connectivity index (χ3n) is 2.00. The minimum atomic E-state index is -0.584. The first kappa shape index (κ1) is 9.59. The van der Waals surface area contributed by atoms with Crippen LogP contribution in [0.15, 0.2) is 17.7 Å². The standard InChI is InChI=1S/C7H8N4O4/c12-3-5-1-7(15-9-5)10-2-6(8-4-10)11(13)14/h2,4,7,12H,1,3H2/t7-/m1/s1. The van der Waals surface area contributed by atoms with E-state index in [4.69, 9.17) is 9.94 Å². The van der Waals surface area contributed by atoms with Crippen LogP contribution < -0.4 is 0 Å². The smallest absolute Gasteiger partial charge is 0.381 e. The molecule has 1 aromatic rings. The normalized spacial score (nSPS) is 19.8. The largest absolute Gasteiger partial charge is 0.390 e. The van der Waals surface area contributed by atoms with E-state index >= 15 is 0 Å². The van der Waals surface area contributed by atoms with Crippen molar-refractivity contribution in [2.45, 2.75) is 12.6 Å². The fourth-order valence-electron chi connectivity index (χ4n) is 1.24. The van der Waals surface area contributed by atoms with Gasteiger partial charge in [0, 0.05) is 0 Å². The Morgan fingerprint density at radius 2 is 2.60 bits per heavy atom. The highest BCUT2D eigenvalue weighted by Crippen LogP contribution is 2.22. The fraction of sp³-hybridized carbons (Fsp3) is 0.429. The Balaban J connectivity index is 2.09. The fourth-order valence-corrected chi connectivity index (χ4v) is 1.24. The van der Waals surface area contributed by atoms with Crippen LogP contribution in [0.2, 0.25) is 0 Å². The van der Waals surface area contributed by atoms with Crippen molar-refractivity contribution in [3.63, 3.8) is 0 Å². The van der Waals surface area contributed by atoms with Crippen LogP contribution >= 0.6 is 0 Å². The molecule has 0 saturated heterocycles. The van der Waals surface area contributed by atoms with Crippen LogP contribution in [0.25, 0.3) is 0 Å².